The van der Waals surface area contributed by atoms with E-state index in [1.807, 2.05) is 0 Å². The average Bonchev–Trinajstić information content (AvgIpc) is 2.75. The maximum absolute atomic E-state index is 12.4. The standard InChI is InChI=1S/C20H17N3O5S/c1-27-19-12-15(13-22-23-20(24)16-6-5-11-21-14-16)9-10-18(19)28-29(25,26)17-7-3-2-4-8-17/h2-14H,1H3,(H,23,24). The molecule has 1 amide bonds. The number of carbonyl (C=O) groups is 1. The van der Waals surface area contributed by atoms with Crippen LogP contribution in [0.15, 0.2) is 83.1 Å². The number of carbonyl (C=O) groups excluding carboxylic acids is 1. The van der Waals surface area contributed by atoms with Gasteiger partial charge in [0, 0.05) is 12.4 Å². The highest BCUT2D eigenvalue weighted by molar-refractivity contribution is 7.87. The molecule has 2 aromatic carbocycles. The monoisotopic (exact) mass is 411 g/mol. The molecule has 8 nitrogen and oxygen atoms in total. The van der Waals surface area contributed by atoms with Gasteiger partial charge in [0.2, 0.25) is 0 Å². The van der Waals surface area contributed by atoms with Crippen LogP contribution in [0.1, 0.15) is 15.9 Å². The zero-order valence-electron chi connectivity index (χ0n) is 15.3. The minimum absolute atomic E-state index is 0.0332. The van der Waals surface area contributed by atoms with Crippen molar-refractivity contribution in [2.24, 2.45) is 5.10 Å². The molecule has 1 aromatic heterocycles. The number of pyridine rings is 1. The van der Waals surface area contributed by atoms with Crippen LogP contribution in [0, 0.1) is 0 Å². The number of amides is 1. The van der Waals surface area contributed by atoms with Crippen LogP contribution < -0.4 is 14.3 Å². The maximum atomic E-state index is 12.4. The molecule has 0 aliphatic carbocycles. The summed E-state index contributed by atoms with van der Waals surface area (Å²) in [5.41, 5.74) is 3.32. The van der Waals surface area contributed by atoms with E-state index in [1.54, 1.807) is 42.6 Å². The van der Waals surface area contributed by atoms with E-state index in [1.165, 1.54) is 43.8 Å². The molecule has 1 N–H and O–H groups in total. The van der Waals surface area contributed by atoms with Gasteiger partial charge >= 0.3 is 10.1 Å². The Kier molecular flexibility index (Phi) is 6.20. The summed E-state index contributed by atoms with van der Waals surface area (Å²) in [7, 11) is -2.60. The van der Waals surface area contributed by atoms with Crippen molar-refractivity contribution in [3.8, 4) is 11.5 Å². The second-order valence-corrected chi connectivity index (χ2v) is 7.25. The zero-order valence-corrected chi connectivity index (χ0v) is 16.2. The molecule has 148 valence electrons. The van der Waals surface area contributed by atoms with Gasteiger partial charge in [-0.25, -0.2) is 5.43 Å². The highest BCUT2D eigenvalue weighted by Crippen LogP contribution is 2.30. The molecule has 0 atom stereocenters. The Balaban J connectivity index is 1.73. The lowest BCUT2D eigenvalue weighted by Crippen LogP contribution is -2.17. The summed E-state index contributed by atoms with van der Waals surface area (Å²) in [5, 5.41) is 3.88. The van der Waals surface area contributed by atoms with Gasteiger partial charge < -0.3 is 8.92 Å². The molecule has 0 bridgehead atoms. The smallest absolute Gasteiger partial charge is 0.339 e. The van der Waals surface area contributed by atoms with Gasteiger partial charge in [-0.3, -0.25) is 9.78 Å². The largest absolute Gasteiger partial charge is 0.493 e. The Bertz CT molecular complexity index is 1120. The summed E-state index contributed by atoms with van der Waals surface area (Å²) < 4.78 is 35.2. The van der Waals surface area contributed by atoms with Gasteiger partial charge in [0.1, 0.15) is 4.90 Å². The Morgan fingerprint density at radius 2 is 1.86 bits per heavy atom. The van der Waals surface area contributed by atoms with Crippen LogP contribution >= 0.6 is 0 Å². The van der Waals surface area contributed by atoms with Crippen LogP contribution in [-0.4, -0.2) is 32.6 Å². The topological polar surface area (TPSA) is 107 Å². The molecule has 9 heteroatoms. The lowest BCUT2D eigenvalue weighted by atomic mass is 10.2. The van der Waals surface area contributed by atoms with E-state index in [0.29, 0.717) is 11.1 Å². The first-order chi connectivity index (χ1) is 14.0. The number of methoxy groups -OCH3 is 1. The van der Waals surface area contributed by atoms with E-state index in [4.69, 9.17) is 8.92 Å². The first-order valence-corrected chi connectivity index (χ1v) is 9.81. The molecular formula is C20H17N3O5S. The lowest BCUT2D eigenvalue weighted by Gasteiger charge is -2.11. The van der Waals surface area contributed by atoms with Crippen molar-refractivity contribution in [2.45, 2.75) is 4.90 Å². The highest BCUT2D eigenvalue weighted by atomic mass is 32.2. The van der Waals surface area contributed by atoms with Gasteiger partial charge in [-0.2, -0.15) is 13.5 Å². The quantitative estimate of drug-likeness (QED) is 0.364. The summed E-state index contributed by atoms with van der Waals surface area (Å²) in [6, 6.07) is 15.6. The normalized spacial score (nSPS) is 11.2. The molecule has 1 heterocycles. The van der Waals surface area contributed by atoms with Crippen molar-refractivity contribution < 1.29 is 22.1 Å². The number of hydrazone groups is 1. The van der Waals surface area contributed by atoms with Gasteiger partial charge in [-0.1, -0.05) is 18.2 Å². The molecule has 0 saturated heterocycles. The average molecular weight is 411 g/mol. The Morgan fingerprint density at radius 1 is 1.07 bits per heavy atom. The minimum Gasteiger partial charge on any atom is -0.493 e. The number of aromatic nitrogens is 1. The van der Waals surface area contributed by atoms with Crippen molar-refractivity contribution in [1.29, 1.82) is 0 Å². The molecule has 0 unspecified atom stereocenters. The summed E-state index contributed by atoms with van der Waals surface area (Å²) in [4.78, 5) is 15.8. The molecule has 0 aliphatic heterocycles. The lowest BCUT2D eigenvalue weighted by molar-refractivity contribution is 0.0954. The predicted octanol–water partition coefficient (Wildman–Crippen LogP) is 2.62. The van der Waals surface area contributed by atoms with Crippen molar-refractivity contribution in [3.63, 3.8) is 0 Å². The van der Waals surface area contributed by atoms with Crippen molar-refractivity contribution >= 4 is 22.2 Å². The van der Waals surface area contributed by atoms with Crippen LogP contribution in [0.25, 0.3) is 0 Å². The van der Waals surface area contributed by atoms with E-state index < -0.39 is 16.0 Å². The molecule has 3 rings (SSSR count). The maximum Gasteiger partial charge on any atom is 0.339 e. The van der Waals surface area contributed by atoms with Crippen molar-refractivity contribution in [2.75, 3.05) is 7.11 Å². The van der Waals surface area contributed by atoms with E-state index in [2.05, 4.69) is 15.5 Å². The van der Waals surface area contributed by atoms with Gasteiger partial charge in [0.15, 0.2) is 11.5 Å². The third-order valence-corrected chi connectivity index (χ3v) is 4.97. The van der Waals surface area contributed by atoms with Crippen LogP contribution in [0.5, 0.6) is 11.5 Å². The number of rotatable bonds is 7. The second kappa shape index (κ2) is 8.98. The first kappa shape index (κ1) is 20.0. The Labute approximate surface area is 167 Å². The third-order valence-electron chi connectivity index (χ3n) is 3.72. The molecule has 0 spiro atoms. The molecule has 0 aliphatic rings. The summed E-state index contributed by atoms with van der Waals surface area (Å²) >= 11 is 0. The molecule has 0 radical (unpaired) electrons. The first-order valence-electron chi connectivity index (χ1n) is 8.40. The highest BCUT2D eigenvalue weighted by Gasteiger charge is 2.18. The van der Waals surface area contributed by atoms with Crippen LogP contribution in [0.2, 0.25) is 0 Å². The van der Waals surface area contributed by atoms with Crippen LogP contribution in [0.3, 0.4) is 0 Å². The van der Waals surface area contributed by atoms with E-state index in [9.17, 15) is 13.2 Å². The second-order valence-electron chi connectivity index (χ2n) is 5.70. The number of hydrogen-bond donors (Lipinski definition) is 1. The minimum atomic E-state index is -3.99. The fourth-order valence-corrected chi connectivity index (χ4v) is 3.27. The Morgan fingerprint density at radius 3 is 2.55 bits per heavy atom. The molecular weight excluding hydrogens is 394 g/mol. The van der Waals surface area contributed by atoms with Gasteiger partial charge in [-0.05, 0) is 48.0 Å². The molecule has 0 saturated carbocycles. The fraction of sp³-hybridized carbons (Fsp3) is 0.0500. The summed E-state index contributed by atoms with van der Waals surface area (Å²) in [5.74, 6) is -0.171. The zero-order chi connectivity index (χ0) is 20.7. The summed E-state index contributed by atoms with van der Waals surface area (Å²) in [6.07, 6.45) is 4.38. The number of hydrogen-bond acceptors (Lipinski definition) is 7. The molecule has 3 aromatic rings. The van der Waals surface area contributed by atoms with Gasteiger partial charge in [0.25, 0.3) is 5.91 Å². The van der Waals surface area contributed by atoms with Crippen molar-refractivity contribution in [1.82, 2.24) is 10.4 Å². The number of benzene rings is 2. The number of nitrogens with one attached hydrogen (secondary N) is 1. The van der Waals surface area contributed by atoms with Crippen LogP contribution in [-0.2, 0) is 10.1 Å². The number of nitrogens with zero attached hydrogens (tertiary/aromatic N) is 2. The van der Waals surface area contributed by atoms with Gasteiger partial charge in [0.05, 0.1) is 18.9 Å². The van der Waals surface area contributed by atoms with Crippen LogP contribution in [0.4, 0.5) is 0 Å². The number of ether oxygens (including phenoxy) is 1. The fourth-order valence-electron chi connectivity index (χ4n) is 2.31. The van der Waals surface area contributed by atoms with E-state index in [0.717, 1.165) is 0 Å². The van der Waals surface area contributed by atoms with Gasteiger partial charge in [-0.15, -0.1) is 0 Å². The van der Waals surface area contributed by atoms with Crippen molar-refractivity contribution in [3.05, 3.63) is 84.2 Å². The third kappa shape index (κ3) is 5.17. The molecule has 0 fully saturated rings. The Hall–Kier alpha value is -3.72. The molecule has 29 heavy (non-hydrogen) atoms. The summed E-state index contributed by atoms with van der Waals surface area (Å²) in [6.45, 7) is 0. The van der Waals surface area contributed by atoms with E-state index >= 15 is 0 Å². The SMILES string of the molecule is COc1cc(C=NNC(=O)c2cccnc2)ccc1OS(=O)(=O)c1ccccc1. The predicted molar refractivity (Wildman–Crippen MR) is 107 cm³/mol. The van der Waals surface area contributed by atoms with E-state index in [-0.39, 0.29) is 16.4 Å².